The lowest BCUT2D eigenvalue weighted by atomic mass is 10.0. The van der Waals surface area contributed by atoms with Gasteiger partial charge < -0.3 is 5.32 Å². The van der Waals surface area contributed by atoms with E-state index < -0.39 is 33.0 Å². The van der Waals surface area contributed by atoms with E-state index in [0.29, 0.717) is 30.3 Å². The third-order valence-corrected chi connectivity index (χ3v) is 6.51. The Morgan fingerprint density at radius 3 is 2.44 bits per heavy atom. The van der Waals surface area contributed by atoms with Crippen molar-refractivity contribution in [3.63, 3.8) is 0 Å². The molecule has 2 heterocycles. The highest BCUT2D eigenvalue weighted by molar-refractivity contribution is 7.89. The Bertz CT molecular complexity index is 1310. The average molecular weight is 463 g/mol. The number of halogens is 3. The Hall–Kier alpha value is -3.50. The quantitative estimate of drug-likeness (QED) is 0.576. The second kappa shape index (κ2) is 7.57. The molecule has 2 aromatic heterocycles. The lowest BCUT2D eigenvalue weighted by molar-refractivity contribution is -0.138. The number of sulfonamides is 1. The molecular formula is C19H16F3N7O2S. The minimum Gasteiger partial charge on any atom is -0.324 e. The fourth-order valence-corrected chi connectivity index (χ4v) is 3.78. The van der Waals surface area contributed by atoms with E-state index in [4.69, 9.17) is 0 Å². The second-order valence-electron chi connectivity index (χ2n) is 7.15. The number of rotatable bonds is 6. The van der Waals surface area contributed by atoms with E-state index in [1.54, 1.807) is 0 Å². The summed E-state index contributed by atoms with van der Waals surface area (Å²) in [6.07, 6.45) is -0.103. The first-order valence-corrected chi connectivity index (χ1v) is 10.8. The zero-order valence-electron chi connectivity index (χ0n) is 16.6. The van der Waals surface area contributed by atoms with E-state index in [2.05, 4.69) is 31.2 Å². The number of nitrogens with one attached hydrogen (secondary N) is 2. The zero-order chi connectivity index (χ0) is 23.1. The number of hydrogen-bond donors (Lipinski definition) is 2. The van der Waals surface area contributed by atoms with Crippen molar-refractivity contribution in [3.05, 3.63) is 54.0 Å². The smallest absolute Gasteiger partial charge is 0.324 e. The van der Waals surface area contributed by atoms with Crippen molar-refractivity contribution < 1.29 is 21.6 Å². The Kier molecular flexibility index (Phi) is 5.14. The van der Waals surface area contributed by atoms with Crippen LogP contribution >= 0.6 is 0 Å². The number of nitrogens with zero attached hydrogens (tertiary/aromatic N) is 5. The first-order valence-electron chi connectivity index (χ1n) is 9.30. The molecule has 9 nitrogen and oxygen atoms in total. The van der Waals surface area contributed by atoms with Crippen molar-refractivity contribution in [2.45, 2.75) is 29.3 Å². The van der Waals surface area contributed by atoms with Gasteiger partial charge in [-0.3, -0.25) is 0 Å². The minimum absolute atomic E-state index is 0.0233. The van der Waals surface area contributed by atoms with Crippen LogP contribution in [0, 0.1) is 11.3 Å². The molecule has 0 atom stereocenters. The first-order chi connectivity index (χ1) is 15.1. The summed E-state index contributed by atoms with van der Waals surface area (Å²) in [5.41, 5.74) is -0.897. The summed E-state index contributed by atoms with van der Waals surface area (Å²) in [6.45, 7) is 0. The molecule has 0 spiro atoms. The predicted octanol–water partition coefficient (Wildman–Crippen LogP) is 2.89. The van der Waals surface area contributed by atoms with Gasteiger partial charge in [-0.05, 0) is 44.2 Å². The maximum atomic E-state index is 13.5. The summed E-state index contributed by atoms with van der Waals surface area (Å²) in [5.74, 6) is -0.639. The molecule has 1 aliphatic rings. The molecule has 0 aliphatic heterocycles. The Morgan fingerprint density at radius 2 is 1.88 bits per heavy atom. The van der Waals surface area contributed by atoms with E-state index in [0.717, 1.165) is 4.68 Å². The number of benzene rings is 1. The van der Waals surface area contributed by atoms with Crippen molar-refractivity contribution in [3.8, 4) is 11.9 Å². The number of hydrogen-bond acceptors (Lipinski definition) is 7. The Morgan fingerprint density at radius 1 is 1.19 bits per heavy atom. The van der Waals surface area contributed by atoms with Gasteiger partial charge >= 0.3 is 6.18 Å². The fourth-order valence-electron chi connectivity index (χ4n) is 3.05. The van der Waals surface area contributed by atoms with Crippen LogP contribution in [0.3, 0.4) is 0 Å². The lowest BCUT2D eigenvalue weighted by Crippen LogP contribution is -2.18. The highest BCUT2D eigenvalue weighted by Gasteiger charge is 2.46. The van der Waals surface area contributed by atoms with Gasteiger partial charge in [0.25, 0.3) is 0 Å². The zero-order valence-corrected chi connectivity index (χ0v) is 17.4. The van der Waals surface area contributed by atoms with Crippen molar-refractivity contribution in [2.75, 3.05) is 12.4 Å². The van der Waals surface area contributed by atoms with E-state index in [1.807, 2.05) is 0 Å². The summed E-state index contributed by atoms with van der Waals surface area (Å²) < 4.78 is 67.4. The molecular weight excluding hydrogens is 447 g/mol. The molecule has 166 valence electrons. The van der Waals surface area contributed by atoms with Gasteiger partial charge in [-0.25, -0.2) is 22.8 Å². The normalized spacial score (nSPS) is 15.2. The summed E-state index contributed by atoms with van der Waals surface area (Å²) in [4.78, 5) is 7.73. The summed E-state index contributed by atoms with van der Waals surface area (Å²) in [5, 5.41) is 16.1. The van der Waals surface area contributed by atoms with E-state index >= 15 is 0 Å². The molecule has 4 rings (SSSR count). The van der Waals surface area contributed by atoms with E-state index in [-0.39, 0.29) is 10.8 Å². The third-order valence-electron chi connectivity index (χ3n) is 5.08. The van der Waals surface area contributed by atoms with Crippen LogP contribution in [0.4, 0.5) is 24.8 Å². The average Bonchev–Trinajstić information content (AvgIpc) is 3.41. The van der Waals surface area contributed by atoms with Gasteiger partial charge in [0.2, 0.25) is 16.0 Å². The molecule has 0 radical (unpaired) electrons. The monoisotopic (exact) mass is 463 g/mol. The summed E-state index contributed by atoms with van der Waals surface area (Å²) >= 11 is 0. The van der Waals surface area contributed by atoms with Crippen LogP contribution in [0.2, 0.25) is 0 Å². The van der Waals surface area contributed by atoms with Crippen LogP contribution in [0.5, 0.6) is 0 Å². The molecule has 3 aromatic rings. The molecule has 1 fully saturated rings. The molecule has 1 saturated carbocycles. The van der Waals surface area contributed by atoms with Crippen LogP contribution in [-0.4, -0.2) is 35.2 Å². The van der Waals surface area contributed by atoms with Crippen LogP contribution in [0.15, 0.2) is 47.8 Å². The van der Waals surface area contributed by atoms with Crippen LogP contribution in [-0.2, 0) is 21.6 Å². The molecule has 0 bridgehead atoms. The van der Waals surface area contributed by atoms with E-state index in [9.17, 15) is 26.9 Å². The topological polar surface area (TPSA) is 126 Å². The second-order valence-corrected chi connectivity index (χ2v) is 9.04. The molecule has 2 N–H and O–H groups in total. The molecule has 1 aliphatic carbocycles. The standard InChI is InChI=1S/C19H16F3N7O2S/c1-24-32(30,31)14-4-2-13(3-5-14)27-17-25-9-15(19(20,21)22)16(28-17)29-10-12(8-26-29)18(11-23)6-7-18/h2-5,8-10,24H,6-7H2,1H3,(H,25,27,28). The highest BCUT2D eigenvalue weighted by atomic mass is 32.2. The van der Waals surface area contributed by atoms with Gasteiger partial charge in [0.1, 0.15) is 5.56 Å². The number of anilines is 2. The SMILES string of the molecule is CNS(=O)(=O)c1ccc(Nc2ncc(C(F)(F)F)c(-n3cc(C4(C#N)CC4)cn3)n2)cc1. The molecule has 1 aromatic carbocycles. The van der Waals surface area contributed by atoms with Gasteiger partial charge in [-0.15, -0.1) is 0 Å². The van der Waals surface area contributed by atoms with E-state index in [1.165, 1.54) is 43.7 Å². The molecule has 0 unspecified atom stereocenters. The van der Waals surface area contributed by atoms with Crippen molar-refractivity contribution in [1.29, 1.82) is 5.26 Å². The van der Waals surface area contributed by atoms with Crippen LogP contribution in [0.25, 0.3) is 5.82 Å². The van der Waals surface area contributed by atoms with Gasteiger partial charge in [0.05, 0.1) is 22.6 Å². The molecule has 0 saturated heterocycles. The van der Waals surface area contributed by atoms with Gasteiger partial charge in [-0.1, -0.05) is 0 Å². The largest absolute Gasteiger partial charge is 0.421 e. The van der Waals surface area contributed by atoms with Gasteiger partial charge in [0.15, 0.2) is 5.82 Å². The Balaban J connectivity index is 1.68. The minimum atomic E-state index is -4.73. The molecule has 0 amide bonds. The first kappa shape index (κ1) is 21.7. The van der Waals surface area contributed by atoms with Crippen molar-refractivity contribution in [1.82, 2.24) is 24.5 Å². The maximum absolute atomic E-state index is 13.5. The fraction of sp³-hybridized carbons (Fsp3) is 0.263. The summed E-state index contributed by atoms with van der Waals surface area (Å²) in [7, 11) is -2.35. The molecule has 13 heteroatoms. The van der Waals surface area contributed by atoms with Crippen LogP contribution in [0.1, 0.15) is 24.0 Å². The van der Waals surface area contributed by atoms with Crippen molar-refractivity contribution in [2.24, 2.45) is 0 Å². The number of aromatic nitrogens is 4. The molecule has 32 heavy (non-hydrogen) atoms. The van der Waals surface area contributed by atoms with Gasteiger partial charge in [-0.2, -0.15) is 28.5 Å². The maximum Gasteiger partial charge on any atom is 0.421 e. The third kappa shape index (κ3) is 4.02. The predicted molar refractivity (Wildman–Crippen MR) is 107 cm³/mol. The Labute approximate surface area is 181 Å². The number of alkyl halides is 3. The van der Waals surface area contributed by atoms with Crippen LogP contribution < -0.4 is 10.0 Å². The lowest BCUT2D eigenvalue weighted by Gasteiger charge is -2.13. The number of nitriles is 1. The summed E-state index contributed by atoms with van der Waals surface area (Å²) in [6, 6.07) is 7.69. The highest BCUT2D eigenvalue weighted by Crippen LogP contribution is 2.47. The van der Waals surface area contributed by atoms with Gasteiger partial charge in [0, 0.05) is 23.6 Å². The van der Waals surface area contributed by atoms with Crippen molar-refractivity contribution >= 4 is 21.7 Å².